The highest BCUT2D eigenvalue weighted by Gasteiger charge is 2.15. The van der Waals surface area contributed by atoms with Crippen LogP contribution in [0.3, 0.4) is 0 Å². The molecule has 0 radical (unpaired) electrons. The molecule has 0 aromatic carbocycles. The van der Waals surface area contributed by atoms with Crippen LogP contribution in [0.5, 0.6) is 0 Å². The first-order chi connectivity index (χ1) is 11.9. The standard InChI is InChI=1S/C9H20.C7H14.C5H12.2C2H6/c1-5-9(6-2)7-8(3)4;1-6-3-4-7(2)5-6;1-3-5-4-2;2*1-2/h8-9H,5-7H2,1-4H3;6-7H,3-5H2,1-2H3;3-5H2,1-2H3;2*1-2H3. The van der Waals surface area contributed by atoms with E-state index >= 15 is 0 Å². The van der Waals surface area contributed by atoms with E-state index in [9.17, 15) is 0 Å². The molecule has 1 fully saturated rings. The van der Waals surface area contributed by atoms with Crippen LogP contribution < -0.4 is 0 Å². The van der Waals surface area contributed by atoms with E-state index in [2.05, 4.69) is 55.4 Å². The van der Waals surface area contributed by atoms with Gasteiger partial charge in [0, 0.05) is 0 Å². The molecule has 1 rings (SSSR count). The van der Waals surface area contributed by atoms with Gasteiger partial charge in [0.2, 0.25) is 0 Å². The summed E-state index contributed by atoms with van der Waals surface area (Å²) in [7, 11) is 0. The van der Waals surface area contributed by atoms with Crippen molar-refractivity contribution in [2.45, 2.75) is 141 Å². The van der Waals surface area contributed by atoms with Gasteiger partial charge in [0.25, 0.3) is 0 Å². The fraction of sp³-hybridized carbons (Fsp3) is 1.00. The Morgan fingerprint density at radius 1 is 0.720 bits per heavy atom. The molecule has 0 heteroatoms. The first-order valence-corrected chi connectivity index (χ1v) is 11.9. The van der Waals surface area contributed by atoms with Gasteiger partial charge in [-0.15, -0.1) is 0 Å². The third-order valence-corrected chi connectivity index (χ3v) is 4.62. The van der Waals surface area contributed by atoms with Crippen LogP contribution >= 0.6 is 0 Å². The molecule has 0 heterocycles. The third-order valence-electron chi connectivity index (χ3n) is 4.62. The lowest BCUT2D eigenvalue weighted by Gasteiger charge is -2.13. The van der Waals surface area contributed by atoms with Gasteiger partial charge in [-0.3, -0.25) is 0 Å². The smallest absolute Gasteiger partial charge is 0.0417 e. The van der Waals surface area contributed by atoms with Crippen LogP contribution in [0.25, 0.3) is 0 Å². The summed E-state index contributed by atoms with van der Waals surface area (Å²) >= 11 is 0. The summed E-state index contributed by atoms with van der Waals surface area (Å²) in [6.07, 6.45) is 12.6. The van der Waals surface area contributed by atoms with Crippen LogP contribution in [0.4, 0.5) is 0 Å². The predicted molar refractivity (Wildman–Crippen MR) is 124 cm³/mol. The average Bonchev–Trinajstić information content (AvgIpc) is 3.01. The molecule has 2 atom stereocenters. The van der Waals surface area contributed by atoms with E-state index in [1.165, 1.54) is 57.8 Å². The van der Waals surface area contributed by atoms with E-state index in [4.69, 9.17) is 0 Å². The van der Waals surface area contributed by atoms with Gasteiger partial charge in [-0.2, -0.15) is 0 Å². The lowest BCUT2D eigenvalue weighted by Crippen LogP contribution is -2.00. The van der Waals surface area contributed by atoms with Gasteiger partial charge < -0.3 is 0 Å². The Balaban J connectivity index is -0.000000123. The number of hydrogen-bond acceptors (Lipinski definition) is 0. The van der Waals surface area contributed by atoms with Gasteiger partial charge in [0.1, 0.15) is 0 Å². The van der Waals surface area contributed by atoms with Crippen molar-refractivity contribution in [2.75, 3.05) is 0 Å². The molecular formula is C25H58. The Kier molecular flexibility index (Phi) is 37.6. The first-order valence-electron chi connectivity index (χ1n) is 11.9. The van der Waals surface area contributed by atoms with Crippen LogP contribution in [-0.4, -0.2) is 0 Å². The van der Waals surface area contributed by atoms with E-state index in [0.717, 1.165) is 23.7 Å². The predicted octanol–water partition coefficient (Wildman–Crippen LogP) is 10.2. The highest BCUT2D eigenvalue weighted by molar-refractivity contribution is 4.68. The van der Waals surface area contributed by atoms with Crippen molar-refractivity contribution in [1.82, 2.24) is 0 Å². The largest absolute Gasteiger partial charge is 0.0683 e. The van der Waals surface area contributed by atoms with Gasteiger partial charge >= 0.3 is 0 Å². The third kappa shape index (κ3) is 32.2. The second-order valence-corrected chi connectivity index (χ2v) is 7.69. The van der Waals surface area contributed by atoms with Crippen LogP contribution in [0.15, 0.2) is 0 Å². The maximum atomic E-state index is 2.35. The van der Waals surface area contributed by atoms with E-state index in [1.807, 2.05) is 27.7 Å². The molecule has 1 aliphatic rings. The van der Waals surface area contributed by atoms with Gasteiger partial charge in [-0.05, 0) is 36.5 Å². The summed E-state index contributed by atoms with van der Waals surface area (Å²) in [5, 5.41) is 0. The van der Waals surface area contributed by atoms with Gasteiger partial charge in [-0.25, -0.2) is 0 Å². The van der Waals surface area contributed by atoms with Crippen molar-refractivity contribution in [1.29, 1.82) is 0 Å². The van der Waals surface area contributed by atoms with Crippen molar-refractivity contribution in [2.24, 2.45) is 23.7 Å². The van der Waals surface area contributed by atoms with Crippen LogP contribution in [0.2, 0.25) is 0 Å². The van der Waals surface area contributed by atoms with E-state index in [0.29, 0.717) is 0 Å². The topological polar surface area (TPSA) is 0 Å². The average molecular weight is 359 g/mol. The second kappa shape index (κ2) is 28.8. The molecule has 0 saturated heterocycles. The minimum absolute atomic E-state index is 0.884. The van der Waals surface area contributed by atoms with Gasteiger partial charge in [0.15, 0.2) is 0 Å². The van der Waals surface area contributed by atoms with Crippen molar-refractivity contribution in [3.63, 3.8) is 0 Å². The molecule has 0 aliphatic heterocycles. The molecule has 2 unspecified atom stereocenters. The van der Waals surface area contributed by atoms with E-state index in [-0.39, 0.29) is 0 Å². The molecule has 1 saturated carbocycles. The zero-order chi connectivity index (χ0) is 20.7. The molecule has 0 nitrogen and oxygen atoms in total. The van der Waals surface area contributed by atoms with Crippen molar-refractivity contribution < 1.29 is 0 Å². The Morgan fingerprint density at radius 3 is 1.16 bits per heavy atom. The number of rotatable bonds is 6. The fourth-order valence-electron chi connectivity index (χ4n) is 3.13. The quantitative estimate of drug-likeness (QED) is 0.443. The molecule has 158 valence electrons. The van der Waals surface area contributed by atoms with Crippen LogP contribution in [0, 0.1) is 23.7 Å². The zero-order valence-corrected chi connectivity index (χ0v) is 20.7. The molecule has 0 aromatic heterocycles. The van der Waals surface area contributed by atoms with Crippen LogP contribution in [-0.2, 0) is 0 Å². The van der Waals surface area contributed by atoms with Crippen molar-refractivity contribution >= 4 is 0 Å². The second-order valence-electron chi connectivity index (χ2n) is 7.69. The minimum Gasteiger partial charge on any atom is -0.0683 e. The molecule has 0 N–H and O–H groups in total. The monoisotopic (exact) mass is 358 g/mol. The lowest BCUT2D eigenvalue weighted by atomic mass is 9.93. The fourth-order valence-corrected chi connectivity index (χ4v) is 3.13. The van der Waals surface area contributed by atoms with Crippen LogP contribution in [0.1, 0.15) is 141 Å². The lowest BCUT2D eigenvalue weighted by molar-refractivity contribution is 0.388. The van der Waals surface area contributed by atoms with Crippen molar-refractivity contribution in [3.05, 3.63) is 0 Å². The molecule has 0 spiro atoms. The van der Waals surface area contributed by atoms with Gasteiger partial charge in [0.05, 0.1) is 0 Å². The summed E-state index contributed by atoms with van der Waals surface area (Å²) in [6.45, 7) is 26.3. The highest BCUT2D eigenvalue weighted by Crippen LogP contribution is 2.29. The van der Waals surface area contributed by atoms with E-state index < -0.39 is 0 Å². The molecule has 0 bridgehead atoms. The summed E-state index contributed by atoms with van der Waals surface area (Å²) < 4.78 is 0. The normalized spacial score (nSPS) is 18.0. The maximum Gasteiger partial charge on any atom is -0.0417 e. The molecule has 0 amide bonds. The molecule has 1 aliphatic carbocycles. The summed E-state index contributed by atoms with van der Waals surface area (Å²) in [5.74, 6) is 3.91. The minimum atomic E-state index is 0.884. The van der Waals surface area contributed by atoms with Crippen molar-refractivity contribution in [3.8, 4) is 0 Å². The molecule has 0 aromatic rings. The Morgan fingerprint density at radius 2 is 1.08 bits per heavy atom. The Bertz CT molecular complexity index is 168. The number of unbranched alkanes of at least 4 members (excludes halogenated alkanes) is 2. The SMILES string of the molecule is CC.CC.CC1CCC(C)C1.CCC(CC)CC(C)C.CCCCC. The molecule has 25 heavy (non-hydrogen) atoms. The summed E-state index contributed by atoms with van der Waals surface area (Å²) in [6, 6.07) is 0. The Hall–Kier alpha value is 0. The van der Waals surface area contributed by atoms with E-state index in [1.54, 1.807) is 0 Å². The van der Waals surface area contributed by atoms with Gasteiger partial charge in [-0.1, -0.05) is 128 Å². The Labute approximate surface area is 165 Å². The number of hydrogen-bond donors (Lipinski definition) is 0. The molecular weight excluding hydrogens is 300 g/mol. The highest BCUT2D eigenvalue weighted by atomic mass is 14.2. The maximum absolute atomic E-state index is 2.35. The summed E-state index contributed by atoms with van der Waals surface area (Å²) in [4.78, 5) is 0. The first kappa shape index (κ1) is 32.7. The summed E-state index contributed by atoms with van der Waals surface area (Å²) in [5.41, 5.74) is 0. The zero-order valence-electron chi connectivity index (χ0n) is 20.7.